The third-order valence-corrected chi connectivity index (χ3v) is 8.78. The van der Waals surface area contributed by atoms with E-state index in [1.165, 1.54) is 5.57 Å². The summed E-state index contributed by atoms with van der Waals surface area (Å²) >= 11 is 0. The van der Waals surface area contributed by atoms with E-state index in [1.807, 2.05) is 67.5 Å². The van der Waals surface area contributed by atoms with Gasteiger partial charge in [-0.2, -0.15) is 0 Å². The monoisotopic (exact) mass is 480 g/mol. The lowest BCUT2D eigenvalue weighted by Crippen LogP contribution is -2.71. The topological polar surface area (TPSA) is 60.4 Å². The van der Waals surface area contributed by atoms with Crippen molar-refractivity contribution in [3.63, 3.8) is 0 Å². The molecular formula is C31H44O4. The van der Waals surface area contributed by atoms with Crippen LogP contribution in [0, 0.1) is 28.1 Å². The summed E-state index contributed by atoms with van der Waals surface area (Å²) in [5.74, 6) is -0.828. The van der Waals surface area contributed by atoms with Gasteiger partial charge in [-0.05, 0) is 92.2 Å². The molecule has 192 valence electrons. The normalized spacial score (nSPS) is 34.1. The minimum absolute atomic E-state index is 0.0423. The molecule has 0 N–H and O–H groups in total. The van der Waals surface area contributed by atoms with Gasteiger partial charge in [-0.25, -0.2) is 0 Å². The van der Waals surface area contributed by atoms with E-state index in [-0.39, 0.29) is 23.3 Å². The Hall–Kier alpha value is -2.23. The Bertz CT molecular complexity index is 1060. The first-order valence-electron chi connectivity index (χ1n) is 13.1. The van der Waals surface area contributed by atoms with Crippen LogP contribution in [-0.2, 0) is 19.1 Å². The van der Waals surface area contributed by atoms with Crippen LogP contribution in [0.25, 0.3) is 0 Å². The van der Waals surface area contributed by atoms with Crippen molar-refractivity contribution in [3.05, 3.63) is 46.8 Å². The average molecular weight is 481 g/mol. The van der Waals surface area contributed by atoms with Gasteiger partial charge in [0.25, 0.3) is 0 Å². The van der Waals surface area contributed by atoms with E-state index in [0.29, 0.717) is 37.0 Å². The van der Waals surface area contributed by atoms with Crippen LogP contribution in [-0.4, -0.2) is 23.0 Å². The predicted molar refractivity (Wildman–Crippen MR) is 141 cm³/mol. The number of hydrogen-bond acceptors (Lipinski definition) is 4. The van der Waals surface area contributed by atoms with Crippen molar-refractivity contribution in [1.82, 2.24) is 0 Å². The first-order valence-corrected chi connectivity index (χ1v) is 13.1. The average Bonchev–Trinajstić information content (AvgIpc) is 2.77. The number of rotatable bonds is 7. The first kappa shape index (κ1) is 27.4. The van der Waals surface area contributed by atoms with Crippen LogP contribution in [0.1, 0.15) is 94.9 Å². The van der Waals surface area contributed by atoms with Crippen molar-refractivity contribution >= 4 is 17.3 Å². The van der Waals surface area contributed by atoms with Crippen molar-refractivity contribution in [3.8, 4) is 0 Å². The second-order valence-corrected chi connectivity index (χ2v) is 12.5. The van der Waals surface area contributed by atoms with E-state index in [2.05, 4.69) is 26.0 Å². The molecule has 5 unspecified atom stereocenters. The summed E-state index contributed by atoms with van der Waals surface area (Å²) in [6, 6.07) is 0. The van der Waals surface area contributed by atoms with E-state index in [9.17, 15) is 14.4 Å². The van der Waals surface area contributed by atoms with Gasteiger partial charge < -0.3 is 4.74 Å². The Morgan fingerprint density at radius 3 is 2.23 bits per heavy atom. The van der Waals surface area contributed by atoms with E-state index in [0.717, 1.165) is 5.57 Å². The number of allylic oxidation sites excluding steroid dienone is 7. The highest BCUT2D eigenvalue weighted by molar-refractivity contribution is 6.34. The maximum atomic E-state index is 14.7. The molecule has 1 aliphatic heterocycles. The molecule has 1 saturated carbocycles. The van der Waals surface area contributed by atoms with Gasteiger partial charge in [0, 0.05) is 11.3 Å². The fraction of sp³-hybridized carbons (Fsp3) is 0.645. The molecular weight excluding hydrogens is 436 g/mol. The maximum Gasteiger partial charge on any atom is 0.187 e. The highest BCUT2D eigenvalue weighted by atomic mass is 16.5. The van der Waals surface area contributed by atoms with Gasteiger partial charge in [0.15, 0.2) is 22.8 Å². The Balaban J connectivity index is 2.42. The molecule has 3 aliphatic rings. The second kappa shape index (κ2) is 9.01. The quantitative estimate of drug-likeness (QED) is 0.288. The van der Waals surface area contributed by atoms with Gasteiger partial charge in [0.1, 0.15) is 11.4 Å². The van der Waals surface area contributed by atoms with Crippen molar-refractivity contribution in [2.45, 2.75) is 101 Å². The zero-order valence-corrected chi connectivity index (χ0v) is 23.4. The van der Waals surface area contributed by atoms with Gasteiger partial charge >= 0.3 is 0 Å². The Kier molecular flexibility index (Phi) is 7.05. The van der Waals surface area contributed by atoms with Crippen molar-refractivity contribution < 1.29 is 19.1 Å². The van der Waals surface area contributed by atoms with Crippen molar-refractivity contribution in [2.24, 2.45) is 28.1 Å². The molecule has 5 atom stereocenters. The summed E-state index contributed by atoms with van der Waals surface area (Å²) < 4.78 is 6.37. The van der Waals surface area contributed by atoms with E-state index < -0.39 is 27.8 Å². The molecule has 0 aromatic rings. The molecule has 1 fully saturated rings. The standard InChI is InChI=1S/C31H44O4/c1-11-21(6)24(32)31-25(33)23-15-16-28(7,8)35-26(23)29(9,27(31)34)18-22(13-12-19(2)3)30(31,10)17-14-20(4)5/h12,14-16,21-22H,11,13,17-18H2,1-10H3. The van der Waals surface area contributed by atoms with Crippen LogP contribution in [0.3, 0.4) is 0 Å². The van der Waals surface area contributed by atoms with Crippen LogP contribution < -0.4 is 0 Å². The smallest absolute Gasteiger partial charge is 0.187 e. The third kappa shape index (κ3) is 4.01. The Labute approximate surface area is 212 Å². The molecule has 4 heteroatoms. The van der Waals surface area contributed by atoms with Crippen LogP contribution >= 0.6 is 0 Å². The minimum atomic E-state index is -1.73. The van der Waals surface area contributed by atoms with Crippen LogP contribution in [0.2, 0.25) is 0 Å². The first-order chi connectivity index (χ1) is 16.1. The number of ketones is 3. The highest BCUT2D eigenvalue weighted by Gasteiger charge is 2.75. The summed E-state index contributed by atoms with van der Waals surface area (Å²) in [5, 5.41) is 0. The fourth-order valence-electron chi connectivity index (χ4n) is 6.37. The number of carbonyl (C=O) groups is 3. The molecule has 0 aromatic carbocycles. The van der Waals surface area contributed by atoms with Crippen LogP contribution in [0.15, 0.2) is 46.8 Å². The van der Waals surface area contributed by atoms with Gasteiger partial charge in [0.05, 0.1) is 11.0 Å². The molecule has 35 heavy (non-hydrogen) atoms. The molecule has 4 nitrogen and oxygen atoms in total. The Morgan fingerprint density at radius 2 is 1.69 bits per heavy atom. The van der Waals surface area contributed by atoms with Gasteiger partial charge in [-0.3, -0.25) is 14.4 Å². The van der Waals surface area contributed by atoms with Gasteiger partial charge in [-0.15, -0.1) is 0 Å². The molecule has 1 heterocycles. The van der Waals surface area contributed by atoms with Crippen molar-refractivity contribution in [1.29, 1.82) is 0 Å². The second-order valence-electron chi connectivity index (χ2n) is 12.5. The highest BCUT2D eigenvalue weighted by Crippen LogP contribution is 2.67. The maximum absolute atomic E-state index is 14.7. The molecule has 0 radical (unpaired) electrons. The molecule has 3 rings (SSSR count). The number of Topliss-reactive ketones (excluding diaryl/α,β-unsaturated/α-hetero) is 3. The van der Waals surface area contributed by atoms with E-state index in [4.69, 9.17) is 4.74 Å². The fourth-order valence-corrected chi connectivity index (χ4v) is 6.37. The summed E-state index contributed by atoms with van der Waals surface area (Å²) in [6.45, 7) is 19.8. The lowest BCUT2D eigenvalue weighted by Gasteiger charge is -2.61. The molecule has 0 spiro atoms. The molecule has 2 aliphatic carbocycles. The van der Waals surface area contributed by atoms with E-state index >= 15 is 0 Å². The van der Waals surface area contributed by atoms with Gasteiger partial charge in [0.2, 0.25) is 0 Å². The molecule has 0 saturated heterocycles. The largest absolute Gasteiger partial charge is 0.486 e. The zero-order chi connectivity index (χ0) is 26.6. The molecule has 0 amide bonds. The zero-order valence-electron chi connectivity index (χ0n) is 23.4. The lowest BCUT2D eigenvalue weighted by molar-refractivity contribution is -0.180. The lowest BCUT2D eigenvalue weighted by atomic mass is 9.38. The SMILES string of the molecule is CCC(C)C(=O)C12C(=O)C3=C(OC(C)(C)C=C3)C(C)(CC(CC=C(C)C)C1(C)CC=C(C)C)C2=O. The minimum Gasteiger partial charge on any atom is -0.486 e. The Morgan fingerprint density at radius 1 is 1.09 bits per heavy atom. The summed E-state index contributed by atoms with van der Waals surface area (Å²) in [7, 11) is 0. The van der Waals surface area contributed by atoms with Crippen LogP contribution in [0.5, 0.6) is 0 Å². The number of fused-ring (bicyclic) bond motifs is 3. The summed E-state index contributed by atoms with van der Waals surface area (Å²) in [6.07, 6.45) is 10.3. The predicted octanol–water partition coefficient (Wildman–Crippen LogP) is 7.10. The van der Waals surface area contributed by atoms with Crippen LogP contribution in [0.4, 0.5) is 0 Å². The van der Waals surface area contributed by atoms with Crippen molar-refractivity contribution in [2.75, 3.05) is 0 Å². The number of ether oxygens (including phenoxy) is 1. The third-order valence-electron chi connectivity index (χ3n) is 8.78. The summed E-state index contributed by atoms with van der Waals surface area (Å²) in [4.78, 5) is 43.7. The van der Waals surface area contributed by atoms with E-state index in [1.54, 1.807) is 0 Å². The number of hydrogen-bond donors (Lipinski definition) is 0. The summed E-state index contributed by atoms with van der Waals surface area (Å²) in [5.41, 5.74) is -1.51. The molecule has 0 aromatic heterocycles. The number of carbonyl (C=O) groups excluding carboxylic acids is 3. The van der Waals surface area contributed by atoms with Gasteiger partial charge in [-0.1, -0.05) is 44.1 Å². The molecule has 2 bridgehead atoms.